The third-order valence-corrected chi connectivity index (χ3v) is 5.25. The maximum absolute atomic E-state index is 3.70. The number of hydrogen-bond donors (Lipinski definition) is 0. The molecule has 0 N–H and O–H groups in total. The lowest BCUT2D eigenvalue weighted by Gasteiger charge is -2.28. The summed E-state index contributed by atoms with van der Waals surface area (Å²) < 4.78 is 2.43. The van der Waals surface area contributed by atoms with Crippen molar-refractivity contribution in [2.75, 3.05) is 0 Å². The van der Waals surface area contributed by atoms with Gasteiger partial charge >= 0.3 is 0 Å². The van der Waals surface area contributed by atoms with Gasteiger partial charge in [0, 0.05) is 20.8 Å². The van der Waals surface area contributed by atoms with E-state index >= 15 is 0 Å². The van der Waals surface area contributed by atoms with E-state index in [1.54, 1.807) is 0 Å². The topological polar surface area (TPSA) is 0 Å². The summed E-state index contributed by atoms with van der Waals surface area (Å²) in [7, 11) is 0. The van der Waals surface area contributed by atoms with Crippen LogP contribution < -0.4 is 0 Å². The monoisotopic (exact) mass is 360 g/mol. The van der Waals surface area contributed by atoms with Crippen molar-refractivity contribution >= 4 is 43.0 Å². The molecule has 0 aliphatic heterocycles. The molecule has 0 saturated heterocycles. The molecule has 3 aliphatic rings. The summed E-state index contributed by atoms with van der Waals surface area (Å²) in [6.07, 6.45) is 11.2. The Morgan fingerprint density at radius 3 is 2.61 bits per heavy atom. The Balaban J connectivity index is 2.03. The molecular weight excluding hydrogens is 352 g/mol. The first-order valence-electron chi connectivity index (χ1n) is 6.01. The fourth-order valence-electron chi connectivity index (χ4n) is 3.21. The van der Waals surface area contributed by atoms with Crippen molar-refractivity contribution in [2.24, 2.45) is 11.8 Å². The highest BCUT2D eigenvalue weighted by atomic mass is 79.9. The number of allylic oxidation sites excluding steroid dienone is 8. The minimum Gasteiger partial charge on any atom is -0.0755 e. The number of hydrogen-bond acceptors (Lipinski definition) is 0. The van der Waals surface area contributed by atoms with E-state index in [2.05, 4.69) is 80.4 Å². The van der Waals surface area contributed by atoms with E-state index in [4.69, 9.17) is 0 Å². The van der Waals surface area contributed by atoms with Crippen molar-refractivity contribution < 1.29 is 0 Å². The van der Waals surface area contributed by atoms with Crippen LogP contribution >= 0.6 is 31.9 Å². The Labute approximate surface area is 123 Å². The van der Waals surface area contributed by atoms with E-state index in [0.29, 0.717) is 11.8 Å². The summed E-state index contributed by atoms with van der Waals surface area (Å²) in [5.41, 5.74) is 5.68. The van der Waals surface area contributed by atoms with Crippen LogP contribution in [0, 0.1) is 11.8 Å². The molecule has 88 valence electrons. The highest BCUT2D eigenvalue weighted by Gasteiger charge is 2.39. The van der Waals surface area contributed by atoms with Crippen molar-refractivity contribution in [1.29, 1.82) is 0 Å². The first kappa shape index (κ1) is 11.0. The molecule has 4 rings (SSSR count). The third-order valence-electron chi connectivity index (χ3n) is 3.97. The van der Waals surface area contributed by atoms with Crippen LogP contribution in [-0.2, 0) is 0 Å². The van der Waals surface area contributed by atoms with Crippen molar-refractivity contribution in [2.45, 2.75) is 0 Å². The Bertz CT molecular complexity index is 674. The SMILES string of the molecule is BrC1=CC=C2c3ccc(Br)cc3C3=CC=CC1C23. The van der Waals surface area contributed by atoms with E-state index in [9.17, 15) is 0 Å². The number of halogens is 2. The molecule has 1 aromatic rings. The summed E-state index contributed by atoms with van der Waals surface area (Å²) in [4.78, 5) is 0. The van der Waals surface area contributed by atoms with E-state index < -0.39 is 0 Å². The van der Waals surface area contributed by atoms with Crippen LogP contribution in [0.2, 0.25) is 0 Å². The fourth-order valence-corrected chi connectivity index (χ4v) is 4.12. The van der Waals surface area contributed by atoms with Crippen molar-refractivity contribution in [3.05, 3.63) is 68.7 Å². The van der Waals surface area contributed by atoms with Gasteiger partial charge in [-0.15, -0.1) is 0 Å². The van der Waals surface area contributed by atoms with E-state index in [-0.39, 0.29) is 0 Å². The summed E-state index contributed by atoms with van der Waals surface area (Å²) in [6, 6.07) is 6.60. The second kappa shape index (κ2) is 3.82. The molecule has 2 heteroatoms. The van der Waals surface area contributed by atoms with Gasteiger partial charge in [0.25, 0.3) is 0 Å². The van der Waals surface area contributed by atoms with Crippen LogP contribution in [-0.4, -0.2) is 0 Å². The van der Waals surface area contributed by atoms with Crippen molar-refractivity contribution in [1.82, 2.24) is 0 Å². The molecule has 2 unspecified atom stereocenters. The van der Waals surface area contributed by atoms with Gasteiger partial charge in [0.2, 0.25) is 0 Å². The molecule has 2 atom stereocenters. The van der Waals surface area contributed by atoms with Crippen LogP contribution in [0.4, 0.5) is 0 Å². The molecular formula is C16H10Br2. The molecule has 18 heavy (non-hydrogen) atoms. The average molecular weight is 362 g/mol. The van der Waals surface area contributed by atoms with Gasteiger partial charge in [0.05, 0.1) is 0 Å². The van der Waals surface area contributed by atoms with Crippen molar-refractivity contribution in [3.8, 4) is 0 Å². The fraction of sp³-hybridized carbons (Fsp3) is 0.125. The van der Waals surface area contributed by atoms with Crippen molar-refractivity contribution in [3.63, 3.8) is 0 Å². The highest BCUT2D eigenvalue weighted by Crippen LogP contribution is 2.55. The quantitative estimate of drug-likeness (QED) is 0.586. The average Bonchev–Trinajstić information content (AvgIpc) is 2.69. The van der Waals surface area contributed by atoms with Gasteiger partial charge < -0.3 is 0 Å². The summed E-state index contributed by atoms with van der Waals surface area (Å²) in [5.74, 6) is 0.967. The van der Waals surface area contributed by atoms with Crippen LogP contribution in [0.25, 0.3) is 11.1 Å². The molecule has 0 saturated carbocycles. The van der Waals surface area contributed by atoms with Crippen LogP contribution in [0.15, 0.2) is 57.5 Å². The zero-order valence-electron chi connectivity index (χ0n) is 9.53. The first-order valence-corrected chi connectivity index (χ1v) is 7.60. The van der Waals surface area contributed by atoms with Gasteiger partial charge in [-0.1, -0.05) is 68.3 Å². The van der Waals surface area contributed by atoms with E-state index in [1.165, 1.54) is 26.8 Å². The summed E-state index contributed by atoms with van der Waals surface area (Å²) in [6.45, 7) is 0. The molecule has 1 aromatic carbocycles. The van der Waals surface area contributed by atoms with Crippen LogP contribution in [0.5, 0.6) is 0 Å². The summed E-state index contributed by atoms with van der Waals surface area (Å²) in [5, 5.41) is 0. The Hall–Kier alpha value is -0.860. The molecule has 0 nitrogen and oxygen atoms in total. The molecule has 0 radical (unpaired) electrons. The van der Waals surface area contributed by atoms with Gasteiger partial charge in [-0.25, -0.2) is 0 Å². The minimum absolute atomic E-state index is 0.469. The zero-order valence-corrected chi connectivity index (χ0v) is 12.7. The largest absolute Gasteiger partial charge is 0.0755 e. The molecule has 0 heterocycles. The van der Waals surface area contributed by atoms with E-state index in [1.807, 2.05) is 0 Å². The highest BCUT2D eigenvalue weighted by molar-refractivity contribution is 9.11. The van der Waals surface area contributed by atoms with Gasteiger partial charge in [-0.2, -0.15) is 0 Å². The Kier molecular flexibility index (Phi) is 2.33. The molecule has 0 aromatic heterocycles. The lowest BCUT2D eigenvalue weighted by Crippen LogP contribution is -2.16. The predicted octanol–water partition coefficient (Wildman–Crippen LogP) is 5.32. The second-order valence-corrected chi connectivity index (χ2v) is 6.71. The van der Waals surface area contributed by atoms with Crippen LogP contribution in [0.1, 0.15) is 11.1 Å². The normalized spacial score (nSPS) is 27.1. The second-order valence-electron chi connectivity index (χ2n) is 4.87. The molecule has 3 aliphatic carbocycles. The third kappa shape index (κ3) is 1.36. The maximum atomic E-state index is 3.70. The first-order chi connectivity index (χ1) is 8.75. The van der Waals surface area contributed by atoms with Gasteiger partial charge in [-0.3, -0.25) is 0 Å². The molecule has 0 spiro atoms. The molecule has 0 fully saturated rings. The lowest BCUT2D eigenvalue weighted by atomic mass is 9.78. The zero-order chi connectivity index (χ0) is 12.3. The molecule has 0 bridgehead atoms. The predicted molar refractivity (Wildman–Crippen MR) is 83.2 cm³/mol. The van der Waals surface area contributed by atoms with Gasteiger partial charge in [0.15, 0.2) is 0 Å². The van der Waals surface area contributed by atoms with Gasteiger partial charge in [0.1, 0.15) is 0 Å². The van der Waals surface area contributed by atoms with E-state index in [0.717, 1.165) is 4.47 Å². The molecule has 0 amide bonds. The Morgan fingerprint density at radius 1 is 0.889 bits per heavy atom. The minimum atomic E-state index is 0.469. The number of rotatable bonds is 0. The summed E-state index contributed by atoms with van der Waals surface area (Å²) >= 11 is 7.28. The Morgan fingerprint density at radius 2 is 1.72 bits per heavy atom. The maximum Gasteiger partial charge on any atom is 0.0210 e. The van der Waals surface area contributed by atoms with Crippen LogP contribution in [0.3, 0.4) is 0 Å². The number of fused-ring (bicyclic) bond motifs is 3. The van der Waals surface area contributed by atoms with Gasteiger partial charge in [-0.05, 0) is 34.4 Å². The smallest absolute Gasteiger partial charge is 0.0210 e. The standard InChI is InChI=1S/C16H10Br2/c17-9-4-5-10-12-6-7-15(18)13-3-1-2-11(16(12)13)14(10)8-9/h1-8,13,16H. The lowest BCUT2D eigenvalue weighted by molar-refractivity contribution is 0.699. The number of benzene rings is 1.